The van der Waals surface area contributed by atoms with Crippen LogP contribution in [0.15, 0.2) is 40.2 Å². The van der Waals surface area contributed by atoms with Crippen molar-refractivity contribution in [2.24, 2.45) is 0 Å². The molecule has 8 heteroatoms. The van der Waals surface area contributed by atoms with Crippen LogP contribution in [0.4, 0.5) is 5.69 Å². The SMILES string of the molecule is COc1cc(OC)c(C=CS(=O)(=O)Cc2ccc(Br)c(N)c2)c(OC)c1. The van der Waals surface area contributed by atoms with Gasteiger partial charge in [-0.3, -0.25) is 0 Å². The molecule has 2 N–H and O–H groups in total. The van der Waals surface area contributed by atoms with Gasteiger partial charge in [0.05, 0.1) is 32.6 Å². The Balaban J connectivity index is 2.33. The fraction of sp³-hybridized carbons (Fsp3) is 0.222. The molecule has 26 heavy (non-hydrogen) atoms. The number of ether oxygens (including phenoxy) is 3. The summed E-state index contributed by atoms with van der Waals surface area (Å²) in [7, 11) is 0.986. The molecule has 0 aliphatic carbocycles. The van der Waals surface area contributed by atoms with Gasteiger partial charge in [0.1, 0.15) is 17.2 Å². The van der Waals surface area contributed by atoms with Crippen LogP contribution in [0.3, 0.4) is 0 Å². The molecule has 0 saturated carbocycles. The zero-order valence-corrected chi connectivity index (χ0v) is 17.1. The van der Waals surface area contributed by atoms with Crippen molar-refractivity contribution in [2.45, 2.75) is 5.75 Å². The van der Waals surface area contributed by atoms with E-state index in [1.165, 1.54) is 27.4 Å². The molecule has 0 aliphatic rings. The molecule has 0 spiro atoms. The Labute approximate surface area is 161 Å². The Kier molecular flexibility index (Phi) is 6.55. The third kappa shape index (κ3) is 4.92. The molecule has 6 nitrogen and oxygen atoms in total. The Morgan fingerprint density at radius 3 is 2.15 bits per heavy atom. The molecule has 0 atom stereocenters. The van der Waals surface area contributed by atoms with Crippen molar-refractivity contribution >= 4 is 37.5 Å². The number of sulfone groups is 1. The number of halogens is 1. The zero-order chi connectivity index (χ0) is 19.3. The van der Waals surface area contributed by atoms with Gasteiger partial charge in [0.2, 0.25) is 0 Å². The second kappa shape index (κ2) is 8.46. The van der Waals surface area contributed by atoms with E-state index in [4.69, 9.17) is 19.9 Å². The predicted octanol–water partition coefficient (Wildman–Crippen LogP) is 3.64. The van der Waals surface area contributed by atoms with Crippen LogP contribution in [0.2, 0.25) is 0 Å². The Hall–Kier alpha value is -2.19. The first-order chi connectivity index (χ1) is 12.3. The molecule has 0 saturated heterocycles. The number of hydrogen-bond donors (Lipinski definition) is 1. The van der Waals surface area contributed by atoms with Crippen LogP contribution in [0, 0.1) is 0 Å². The standard InChI is InChI=1S/C18H20BrNO5S/c1-23-13-9-17(24-2)14(18(10-13)25-3)6-7-26(21,22)11-12-4-5-15(19)16(20)8-12/h4-10H,11,20H2,1-3H3. The smallest absolute Gasteiger partial charge is 0.175 e. The van der Waals surface area contributed by atoms with E-state index in [9.17, 15) is 8.42 Å². The van der Waals surface area contributed by atoms with Gasteiger partial charge in [-0.05, 0) is 39.7 Å². The number of hydrogen-bond acceptors (Lipinski definition) is 6. The van der Waals surface area contributed by atoms with Gasteiger partial charge < -0.3 is 19.9 Å². The van der Waals surface area contributed by atoms with E-state index < -0.39 is 9.84 Å². The Morgan fingerprint density at radius 1 is 1.04 bits per heavy atom. The fourth-order valence-electron chi connectivity index (χ4n) is 2.33. The van der Waals surface area contributed by atoms with Gasteiger partial charge in [-0.1, -0.05) is 6.07 Å². The van der Waals surface area contributed by atoms with Gasteiger partial charge in [-0.25, -0.2) is 8.42 Å². The lowest BCUT2D eigenvalue weighted by molar-refractivity contribution is 0.374. The summed E-state index contributed by atoms with van der Waals surface area (Å²) in [5, 5.41) is 1.14. The van der Waals surface area contributed by atoms with E-state index in [-0.39, 0.29) is 5.75 Å². The molecular formula is C18H20BrNO5S. The van der Waals surface area contributed by atoms with Crippen LogP contribution in [0.25, 0.3) is 6.08 Å². The average Bonchev–Trinajstić information content (AvgIpc) is 2.62. The van der Waals surface area contributed by atoms with E-state index in [1.807, 2.05) is 0 Å². The first kappa shape index (κ1) is 20.1. The molecule has 2 aromatic rings. The molecular weight excluding hydrogens is 422 g/mol. The lowest BCUT2D eigenvalue weighted by atomic mass is 10.1. The number of methoxy groups -OCH3 is 3. The molecule has 140 valence electrons. The lowest BCUT2D eigenvalue weighted by Gasteiger charge is -2.12. The van der Waals surface area contributed by atoms with E-state index in [1.54, 1.807) is 30.3 Å². The van der Waals surface area contributed by atoms with Gasteiger partial charge in [0, 0.05) is 27.7 Å². The van der Waals surface area contributed by atoms with Crippen molar-refractivity contribution in [1.82, 2.24) is 0 Å². The van der Waals surface area contributed by atoms with Crippen LogP contribution in [0.5, 0.6) is 17.2 Å². The minimum atomic E-state index is -3.52. The number of anilines is 1. The van der Waals surface area contributed by atoms with Crippen LogP contribution in [-0.4, -0.2) is 29.7 Å². The Morgan fingerprint density at radius 2 is 1.65 bits per heavy atom. The van der Waals surface area contributed by atoms with E-state index in [0.717, 1.165) is 9.88 Å². The van der Waals surface area contributed by atoms with Gasteiger partial charge in [0.15, 0.2) is 9.84 Å². The minimum absolute atomic E-state index is 0.165. The third-order valence-electron chi connectivity index (χ3n) is 3.62. The molecule has 0 radical (unpaired) electrons. The lowest BCUT2D eigenvalue weighted by Crippen LogP contribution is -2.01. The van der Waals surface area contributed by atoms with Crippen molar-refractivity contribution < 1.29 is 22.6 Å². The zero-order valence-electron chi connectivity index (χ0n) is 14.7. The summed E-state index contributed by atoms with van der Waals surface area (Å²) in [5.41, 5.74) is 7.40. The topological polar surface area (TPSA) is 87.9 Å². The highest BCUT2D eigenvalue weighted by Gasteiger charge is 2.14. The number of benzene rings is 2. The highest BCUT2D eigenvalue weighted by Crippen LogP contribution is 2.35. The fourth-order valence-corrected chi connectivity index (χ4v) is 3.66. The maximum absolute atomic E-state index is 12.4. The molecule has 0 heterocycles. The normalized spacial score (nSPS) is 11.5. The van der Waals surface area contributed by atoms with E-state index >= 15 is 0 Å². The molecule has 2 aromatic carbocycles. The van der Waals surface area contributed by atoms with Gasteiger partial charge >= 0.3 is 0 Å². The maximum atomic E-state index is 12.4. The van der Waals surface area contributed by atoms with E-state index in [0.29, 0.717) is 34.1 Å². The third-order valence-corrected chi connectivity index (χ3v) is 5.63. The highest BCUT2D eigenvalue weighted by molar-refractivity contribution is 9.10. The summed E-state index contributed by atoms with van der Waals surface area (Å²) in [6, 6.07) is 8.37. The van der Waals surface area contributed by atoms with Crippen molar-refractivity contribution in [1.29, 1.82) is 0 Å². The largest absolute Gasteiger partial charge is 0.496 e. The molecule has 0 aromatic heterocycles. The number of nitrogen functional groups attached to an aromatic ring is 1. The van der Waals surface area contributed by atoms with Crippen LogP contribution < -0.4 is 19.9 Å². The monoisotopic (exact) mass is 441 g/mol. The molecule has 0 fully saturated rings. The summed E-state index contributed by atoms with van der Waals surface area (Å²) >= 11 is 3.29. The molecule has 0 bridgehead atoms. The first-order valence-electron chi connectivity index (χ1n) is 7.54. The summed E-state index contributed by atoms with van der Waals surface area (Å²) in [5.74, 6) is 1.27. The predicted molar refractivity (Wildman–Crippen MR) is 106 cm³/mol. The molecule has 0 unspecified atom stereocenters. The summed E-state index contributed by atoms with van der Waals surface area (Å²) < 4.78 is 41.4. The van der Waals surface area contributed by atoms with Gasteiger partial charge in [-0.2, -0.15) is 0 Å². The van der Waals surface area contributed by atoms with E-state index in [2.05, 4.69) is 15.9 Å². The second-order valence-corrected chi connectivity index (χ2v) is 8.15. The highest BCUT2D eigenvalue weighted by atomic mass is 79.9. The van der Waals surface area contributed by atoms with Crippen molar-refractivity contribution in [3.8, 4) is 17.2 Å². The Bertz CT molecular complexity index is 900. The number of nitrogens with two attached hydrogens (primary N) is 1. The summed E-state index contributed by atoms with van der Waals surface area (Å²) in [6.07, 6.45) is 1.45. The quantitative estimate of drug-likeness (QED) is 0.659. The van der Waals surface area contributed by atoms with Gasteiger partial charge in [-0.15, -0.1) is 0 Å². The van der Waals surface area contributed by atoms with Crippen LogP contribution >= 0.6 is 15.9 Å². The van der Waals surface area contributed by atoms with Crippen molar-refractivity contribution in [3.05, 3.63) is 51.3 Å². The average molecular weight is 442 g/mol. The van der Waals surface area contributed by atoms with Crippen molar-refractivity contribution in [3.63, 3.8) is 0 Å². The maximum Gasteiger partial charge on any atom is 0.175 e. The molecule has 2 rings (SSSR count). The van der Waals surface area contributed by atoms with Crippen LogP contribution in [-0.2, 0) is 15.6 Å². The number of rotatable bonds is 7. The molecule has 0 amide bonds. The van der Waals surface area contributed by atoms with Gasteiger partial charge in [0.25, 0.3) is 0 Å². The molecule has 0 aliphatic heterocycles. The summed E-state index contributed by atoms with van der Waals surface area (Å²) in [6.45, 7) is 0. The summed E-state index contributed by atoms with van der Waals surface area (Å²) in [4.78, 5) is 0. The minimum Gasteiger partial charge on any atom is -0.496 e. The van der Waals surface area contributed by atoms with Crippen LogP contribution in [0.1, 0.15) is 11.1 Å². The second-order valence-electron chi connectivity index (χ2n) is 5.41. The van der Waals surface area contributed by atoms with Crippen molar-refractivity contribution in [2.75, 3.05) is 27.1 Å². The first-order valence-corrected chi connectivity index (χ1v) is 10.0.